The predicted molar refractivity (Wildman–Crippen MR) is 102 cm³/mol. The van der Waals surface area contributed by atoms with Crippen LogP contribution < -0.4 is 10.6 Å². The van der Waals surface area contributed by atoms with Gasteiger partial charge in [0.25, 0.3) is 0 Å². The van der Waals surface area contributed by atoms with Crippen LogP contribution in [0.5, 0.6) is 0 Å². The lowest BCUT2D eigenvalue weighted by atomic mass is 9.92. The van der Waals surface area contributed by atoms with Crippen LogP contribution in [0.15, 0.2) is 0 Å². The highest BCUT2D eigenvalue weighted by atomic mass is 16.5. The van der Waals surface area contributed by atoms with Crippen molar-refractivity contribution in [3.63, 3.8) is 0 Å². The first-order valence-corrected chi connectivity index (χ1v) is 9.67. The van der Waals surface area contributed by atoms with E-state index >= 15 is 0 Å². The minimum atomic E-state index is -0.245. The molecule has 0 aromatic heterocycles. The molecule has 0 aromatic rings. The van der Waals surface area contributed by atoms with E-state index in [0.717, 1.165) is 0 Å². The second-order valence-electron chi connectivity index (χ2n) is 6.56. The molecule has 1 unspecified atom stereocenters. The van der Waals surface area contributed by atoms with Gasteiger partial charge < -0.3 is 24.8 Å². The summed E-state index contributed by atoms with van der Waals surface area (Å²) in [6, 6.07) is 0. The monoisotopic (exact) mass is 388 g/mol. The van der Waals surface area contributed by atoms with E-state index in [4.69, 9.17) is 14.2 Å². The van der Waals surface area contributed by atoms with Crippen molar-refractivity contribution in [3.05, 3.63) is 0 Å². The summed E-state index contributed by atoms with van der Waals surface area (Å²) in [5.41, 5.74) is 0. The van der Waals surface area contributed by atoms with Crippen molar-refractivity contribution in [2.24, 2.45) is 11.8 Å². The molecule has 0 saturated heterocycles. The van der Waals surface area contributed by atoms with Crippen molar-refractivity contribution in [2.75, 3.05) is 52.7 Å². The van der Waals surface area contributed by atoms with Crippen LogP contribution >= 0.6 is 0 Å². The molecule has 8 nitrogen and oxygen atoms in total. The minimum absolute atomic E-state index is 0.0416. The molecule has 0 aliphatic rings. The fraction of sp³-hybridized carbons (Fsp3) is 0.842. The summed E-state index contributed by atoms with van der Waals surface area (Å²) in [7, 11) is 0. The van der Waals surface area contributed by atoms with Gasteiger partial charge in [-0.2, -0.15) is 0 Å². The fourth-order valence-corrected chi connectivity index (χ4v) is 2.01. The van der Waals surface area contributed by atoms with Gasteiger partial charge in [-0.05, 0) is 12.8 Å². The van der Waals surface area contributed by atoms with E-state index in [2.05, 4.69) is 10.6 Å². The fourth-order valence-electron chi connectivity index (χ4n) is 2.01. The molecule has 8 heteroatoms. The van der Waals surface area contributed by atoms with Crippen LogP contribution in [0, 0.1) is 11.8 Å². The summed E-state index contributed by atoms with van der Waals surface area (Å²) in [5, 5.41) is 5.35. The third kappa shape index (κ3) is 15.3. The van der Waals surface area contributed by atoms with Crippen molar-refractivity contribution in [1.29, 1.82) is 0 Å². The van der Waals surface area contributed by atoms with Crippen LogP contribution in [-0.2, 0) is 28.6 Å². The summed E-state index contributed by atoms with van der Waals surface area (Å²) < 4.78 is 15.6. The van der Waals surface area contributed by atoms with E-state index < -0.39 is 0 Å². The Morgan fingerprint density at radius 3 is 2.00 bits per heavy atom. The van der Waals surface area contributed by atoms with E-state index in [-0.39, 0.29) is 36.7 Å². The molecule has 158 valence electrons. The zero-order chi connectivity index (χ0) is 20.5. The van der Waals surface area contributed by atoms with Gasteiger partial charge in [-0.25, -0.2) is 0 Å². The normalized spacial score (nSPS) is 12.0. The third-order valence-corrected chi connectivity index (χ3v) is 4.05. The van der Waals surface area contributed by atoms with Crippen molar-refractivity contribution in [2.45, 2.75) is 40.5 Å². The van der Waals surface area contributed by atoms with E-state index in [1.54, 1.807) is 0 Å². The van der Waals surface area contributed by atoms with Crippen molar-refractivity contribution < 1.29 is 28.6 Å². The summed E-state index contributed by atoms with van der Waals surface area (Å²) in [6.45, 7) is 10.5. The zero-order valence-electron chi connectivity index (χ0n) is 17.2. The molecular formula is C19H36N2O6. The van der Waals surface area contributed by atoms with Gasteiger partial charge >= 0.3 is 0 Å². The quantitative estimate of drug-likeness (QED) is 0.359. The Morgan fingerprint density at radius 1 is 0.778 bits per heavy atom. The number of hydrogen-bond acceptors (Lipinski definition) is 6. The van der Waals surface area contributed by atoms with Gasteiger partial charge in [0.05, 0.1) is 26.4 Å². The lowest BCUT2D eigenvalue weighted by Crippen LogP contribution is -2.33. The first kappa shape index (κ1) is 25.5. The number of Topliss-reactive ketones (excluding diaryl/α,β-unsaturated/α-hetero) is 1. The maximum atomic E-state index is 11.8. The molecular weight excluding hydrogens is 352 g/mol. The standard InChI is InChI=1S/C19H36N2O6/c1-5-25-11-7-18(23)20-9-13-27-14-19(24)21-8-12-26-10-6-17(22)16(4)15(2)3/h15-16H,5-14H2,1-4H3,(H,20,23)(H,21,24). The molecule has 0 radical (unpaired) electrons. The Bertz CT molecular complexity index is 428. The molecule has 0 bridgehead atoms. The number of amides is 2. The van der Waals surface area contributed by atoms with E-state index in [1.165, 1.54) is 0 Å². The van der Waals surface area contributed by atoms with E-state index in [9.17, 15) is 14.4 Å². The third-order valence-electron chi connectivity index (χ3n) is 4.05. The largest absolute Gasteiger partial charge is 0.381 e. The Labute approximate surface area is 162 Å². The van der Waals surface area contributed by atoms with Crippen LogP contribution in [0.25, 0.3) is 0 Å². The van der Waals surface area contributed by atoms with Crippen LogP contribution in [0.3, 0.4) is 0 Å². The molecule has 27 heavy (non-hydrogen) atoms. The topological polar surface area (TPSA) is 103 Å². The number of hydrogen-bond donors (Lipinski definition) is 2. The molecule has 1 atom stereocenters. The molecule has 0 aliphatic carbocycles. The maximum absolute atomic E-state index is 11.8. The van der Waals surface area contributed by atoms with Crippen molar-refractivity contribution in [1.82, 2.24) is 10.6 Å². The predicted octanol–water partition coefficient (Wildman–Crippen LogP) is 0.930. The number of nitrogens with one attached hydrogen (secondary N) is 2. The molecule has 0 heterocycles. The van der Waals surface area contributed by atoms with Gasteiger partial charge in [0.15, 0.2) is 0 Å². The van der Waals surface area contributed by atoms with Gasteiger partial charge in [-0.3, -0.25) is 14.4 Å². The second kappa shape index (κ2) is 16.6. The SMILES string of the molecule is CCOCCC(=O)NCCOCC(=O)NCCOCCC(=O)C(C)C(C)C. The van der Waals surface area contributed by atoms with Crippen LogP contribution in [0.2, 0.25) is 0 Å². The first-order valence-electron chi connectivity index (χ1n) is 9.67. The summed E-state index contributed by atoms with van der Waals surface area (Å²) in [4.78, 5) is 34.8. The van der Waals surface area contributed by atoms with Crippen molar-refractivity contribution in [3.8, 4) is 0 Å². The second-order valence-corrected chi connectivity index (χ2v) is 6.56. The first-order chi connectivity index (χ1) is 12.9. The highest BCUT2D eigenvalue weighted by molar-refractivity contribution is 5.81. The van der Waals surface area contributed by atoms with Crippen LogP contribution in [0.1, 0.15) is 40.5 Å². The van der Waals surface area contributed by atoms with Crippen LogP contribution in [0.4, 0.5) is 0 Å². The Balaban J connectivity index is 3.47. The van der Waals surface area contributed by atoms with Gasteiger partial charge in [0, 0.05) is 38.5 Å². The Hall–Kier alpha value is -1.51. The number of carbonyl (C=O) groups excluding carboxylic acids is 3. The van der Waals surface area contributed by atoms with Gasteiger partial charge in [-0.15, -0.1) is 0 Å². The number of rotatable bonds is 17. The lowest BCUT2D eigenvalue weighted by molar-refractivity contribution is -0.127. The van der Waals surface area contributed by atoms with Gasteiger partial charge in [0.2, 0.25) is 11.8 Å². The zero-order valence-corrected chi connectivity index (χ0v) is 17.2. The average Bonchev–Trinajstić information content (AvgIpc) is 2.63. The smallest absolute Gasteiger partial charge is 0.246 e. The number of ether oxygens (including phenoxy) is 3. The molecule has 0 fully saturated rings. The van der Waals surface area contributed by atoms with E-state index in [0.29, 0.717) is 58.3 Å². The number of ketones is 1. The van der Waals surface area contributed by atoms with Gasteiger partial charge in [0.1, 0.15) is 12.4 Å². The minimum Gasteiger partial charge on any atom is -0.381 e. The molecule has 0 aliphatic heterocycles. The summed E-state index contributed by atoms with van der Waals surface area (Å²) in [6.07, 6.45) is 0.711. The molecule has 0 saturated carbocycles. The molecule has 0 rings (SSSR count). The highest BCUT2D eigenvalue weighted by Crippen LogP contribution is 2.12. The van der Waals surface area contributed by atoms with Crippen LogP contribution in [-0.4, -0.2) is 70.3 Å². The Morgan fingerprint density at radius 2 is 1.37 bits per heavy atom. The number of carbonyl (C=O) groups is 3. The maximum Gasteiger partial charge on any atom is 0.246 e. The lowest BCUT2D eigenvalue weighted by Gasteiger charge is -2.14. The average molecular weight is 389 g/mol. The summed E-state index contributed by atoms with van der Waals surface area (Å²) >= 11 is 0. The molecule has 0 aromatic carbocycles. The molecule has 2 N–H and O–H groups in total. The molecule has 0 spiro atoms. The van der Waals surface area contributed by atoms with Crippen molar-refractivity contribution >= 4 is 17.6 Å². The highest BCUT2D eigenvalue weighted by Gasteiger charge is 2.15. The Kier molecular flexibility index (Phi) is 15.7. The molecule has 2 amide bonds. The van der Waals surface area contributed by atoms with Gasteiger partial charge in [-0.1, -0.05) is 20.8 Å². The van der Waals surface area contributed by atoms with E-state index in [1.807, 2.05) is 27.7 Å². The summed E-state index contributed by atoms with van der Waals surface area (Å²) in [5.74, 6) is 0.230.